The molecule has 2 aromatic carbocycles. The third-order valence-electron chi connectivity index (χ3n) is 3.94. The summed E-state index contributed by atoms with van der Waals surface area (Å²) < 4.78 is 7.01. The van der Waals surface area contributed by atoms with Gasteiger partial charge in [-0.05, 0) is 66.6 Å². The highest BCUT2D eigenvalue weighted by Gasteiger charge is 2.21. The van der Waals surface area contributed by atoms with E-state index in [-0.39, 0.29) is 11.2 Å². The van der Waals surface area contributed by atoms with Gasteiger partial charge in [-0.3, -0.25) is 4.79 Å². The first kappa shape index (κ1) is 18.9. The van der Waals surface area contributed by atoms with Crippen LogP contribution in [0.4, 0.5) is 5.69 Å². The van der Waals surface area contributed by atoms with Crippen LogP contribution in [0.5, 0.6) is 5.75 Å². The Hall–Kier alpha value is -2.87. The van der Waals surface area contributed by atoms with Crippen LogP contribution in [0.2, 0.25) is 0 Å². The summed E-state index contributed by atoms with van der Waals surface area (Å²) in [4.78, 5) is 12.5. The van der Waals surface area contributed by atoms with Crippen LogP contribution in [-0.4, -0.2) is 38.5 Å². The summed E-state index contributed by atoms with van der Waals surface area (Å²) in [7, 11) is 1.60. The van der Waals surface area contributed by atoms with Gasteiger partial charge < -0.3 is 10.1 Å². The van der Waals surface area contributed by atoms with Crippen LogP contribution >= 0.6 is 11.8 Å². The van der Waals surface area contributed by atoms with Gasteiger partial charge in [0.1, 0.15) is 11.4 Å². The Morgan fingerprint density at radius 1 is 1.19 bits per heavy atom. The van der Waals surface area contributed by atoms with Crippen molar-refractivity contribution in [1.29, 1.82) is 0 Å². The maximum absolute atomic E-state index is 12.5. The van der Waals surface area contributed by atoms with Crippen molar-refractivity contribution in [1.82, 2.24) is 20.2 Å². The van der Waals surface area contributed by atoms with Gasteiger partial charge in [-0.25, -0.2) is 0 Å². The van der Waals surface area contributed by atoms with E-state index in [9.17, 15) is 4.79 Å². The Morgan fingerprint density at radius 2 is 1.96 bits per heavy atom. The average Bonchev–Trinajstić information content (AvgIpc) is 3.09. The van der Waals surface area contributed by atoms with Crippen molar-refractivity contribution in [2.24, 2.45) is 0 Å². The molecule has 140 valence electrons. The molecule has 7 nitrogen and oxygen atoms in total. The van der Waals surface area contributed by atoms with E-state index in [1.54, 1.807) is 11.8 Å². The predicted molar refractivity (Wildman–Crippen MR) is 106 cm³/mol. The Labute approximate surface area is 162 Å². The molecule has 1 aromatic heterocycles. The monoisotopic (exact) mass is 383 g/mol. The van der Waals surface area contributed by atoms with Crippen molar-refractivity contribution in [3.8, 4) is 11.4 Å². The van der Waals surface area contributed by atoms with E-state index in [0.717, 1.165) is 22.5 Å². The van der Waals surface area contributed by atoms with Crippen molar-refractivity contribution >= 4 is 23.4 Å². The third-order valence-corrected chi connectivity index (χ3v) is 4.97. The predicted octanol–water partition coefficient (Wildman–Crippen LogP) is 3.41. The molecule has 0 saturated heterocycles. The molecule has 1 atom stereocenters. The van der Waals surface area contributed by atoms with Gasteiger partial charge in [0.05, 0.1) is 12.4 Å². The standard InChI is InChI=1S/C19H21N5O2S/c1-12-6-5-7-15(10-12)20-18(25)14(3)27-19-21-22-23-24(19)16-11-13(2)8-9-17(16)26-4/h5-11,14H,1-4H3,(H,20,25)/t14-/m1/s1. The van der Waals surface area contributed by atoms with Gasteiger partial charge in [-0.15, -0.1) is 5.10 Å². The second-order valence-electron chi connectivity index (χ2n) is 6.17. The number of anilines is 1. The largest absolute Gasteiger partial charge is 0.494 e. The number of hydrogen-bond acceptors (Lipinski definition) is 6. The van der Waals surface area contributed by atoms with Crippen molar-refractivity contribution < 1.29 is 9.53 Å². The average molecular weight is 383 g/mol. The van der Waals surface area contributed by atoms with E-state index in [1.165, 1.54) is 11.8 Å². The number of carbonyl (C=O) groups is 1. The molecule has 1 amide bonds. The normalized spacial score (nSPS) is 11.9. The van der Waals surface area contributed by atoms with Crippen molar-refractivity contribution in [3.63, 3.8) is 0 Å². The number of hydrogen-bond donors (Lipinski definition) is 1. The fourth-order valence-electron chi connectivity index (χ4n) is 2.55. The lowest BCUT2D eigenvalue weighted by molar-refractivity contribution is -0.115. The molecule has 0 aliphatic rings. The second kappa shape index (κ2) is 8.22. The minimum atomic E-state index is -0.383. The Bertz CT molecular complexity index is 957. The lowest BCUT2D eigenvalue weighted by Crippen LogP contribution is -2.23. The number of thioether (sulfide) groups is 1. The molecule has 3 aromatic rings. The molecule has 27 heavy (non-hydrogen) atoms. The molecule has 0 saturated carbocycles. The van der Waals surface area contributed by atoms with E-state index < -0.39 is 0 Å². The summed E-state index contributed by atoms with van der Waals surface area (Å²) in [6, 6.07) is 13.5. The topological polar surface area (TPSA) is 81.9 Å². The van der Waals surface area contributed by atoms with Gasteiger partial charge >= 0.3 is 0 Å². The molecule has 0 unspecified atom stereocenters. The number of tetrazole rings is 1. The van der Waals surface area contributed by atoms with E-state index in [1.807, 2.05) is 63.2 Å². The van der Waals surface area contributed by atoms with E-state index in [4.69, 9.17) is 4.74 Å². The second-order valence-corrected chi connectivity index (χ2v) is 7.48. The number of rotatable bonds is 6. The van der Waals surface area contributed by atoms with Crippen LogP contribution < -0.4 is 10.1 Å². The minimum absolute atomic E-state index is 0.114. The number of aryl methyl sites for hydroxylation is 2. The first-order valence-electron chi connectivity index (χ1n) is 8.45. The summed E-state index contributed by atoms with van der Waals surface area (Å²) in [5, 5.41) is 15.0. The number of methoxy groups -OCH3 is 1. The molecular weight excluding hydrogens is 362 g/mol. The van der Waals surface area contributed by atoms with Crippen LogP contribution in [0.15, 0.2) is 47.6 Å². The van der Waals surface area contributed by atoms with Crippen LogP contribution in [0.3, 0.4) is 0 Å². The lowest BCUT2D eigenvalue weighted by Gasteiger charge is -2.13. The number of nitrogens with zero attached hydrogens (tertiary/aromatic N) is 4. The molecule has 0 bridgehead atoms. The van der Waals surface area contributed by atoms with Crippen molar-refractivity contribution in [3.05, 3.63) is 53.6 Å². The van der Waals surface area contributed by atoms with Gasteiger partial charge in [0, 0.05) is 5.69 Å². The van der Waals surface area contributed by atoms with Crippen molar-refractivity contribution in [2.45, 2.75) is 31.2 Å². The SMILES string of the molecule is COc1ccc(C)cc1-n1nnnc1S[C@H](C)C(=O)Nc1cccc(C)c1. The lowest BCUT2D eigenvalue weighted by atomic mass is 10.2. The van der Waals surface area contributed by atoms with Gasteiger partial charge in [-0.2, -0.15) is 4.68 Å². The molecule has 0 spiro atoms. The quantitative estimate of drug-likeness (QED) is 0.657. The molecular formula is C19H21N5O2S. The van der Waals surface area contributed by atoms with Crippen LogP contribution in [-0.2, 0) is 4.79 Å². The zero-order valence-electron chi connectivity index (χ0n) is 15.6. The molecule has 1 N–H and O–H groups in total. The number of carbonyl (C=O) groups excluding carboxylic acids is 1. The van der Waals surface area contributed by atoms with Gasteiger partial charge in [0.15, 0.2) is 0 Å². The first-order valence-corrected chi connectivity index (χ1v) is 9.33. The zero-order valence-corrected chi connectivity index (χ0v) is 16.4. The molecule has 0 aliphatic carbocycles. The molecule has 0 radical (unpaired) electrons. The molecule has 1 heterocycles. The van der Waals surface area contributed by atoms with Crippen LogP contribution in [0.1, 0.15) is 18.1 Å². The highest BCUT2D eigenvalue weighted by molar-refractivity contribution is 8.00. The van der Waals surface area contributed by atoms with E-state index in [2.05, 4.69) is 20.8 Å². The number of nitrogens with one attached hydrogen (secondary N) is 1. The van der Waals surface area contributed by atoms with Crippen LogP contribution in [0, 0.1) is 13.8 Å². The Morgan fingerprint density at radius 3 is 2.70 bits per heavy atom. The molecule has 3 rings (SSSR count). The van der Waals surface area contributed by atoms with Crippen molar-refractivity contribution in [2.75, 3.05) is 12.4 Å². The number of amides is 1. The number of ether oxygens (including phenoxy) is 1. The maximum Gasteiger partial charge on any atom is 0.237 e. The number of aromatic nitrogens is 4. The third kappa shape index (κ3) is 4.46. The highest BCUT2D eigenvalue weighted by Crippen LogP contribution is 2.29. The zero-order chi connectivity index (χ0) is 19.4. The highest BCUT2D eigenvalue weighted by atomic mass is 32.2. The van der Waals surface area contributed by atoms with Gasteiger partial charge in [0.2, 0.25) is 11.1 Å². The van der Waals surface area contributed by atoms with E-state index in [0.29, 0.717) is 10.9 Å². The summed E-state index contributed by atoms with van der Waals surface area (Å²) in [6.07, 6.45) is 0. The Balaban J connectivity index is 1.78. The maximum atomic E-state index is 12.5. The summed E-state index contributed by atoms with van der Waals surface area (Å²) >= 11 is 1.29. The van der Waals surface area contributed by atoms with Gasteiger partial charge in [0.25, 0.3) is 0 Å². The fourth-order valence-corrected chi connectivity index (χ4v) is 3.35. The summed E-state index contributed by atoms with van der Waals surface area (Å²) in [6.45, 7) is 5.79. The molecule has 8 heteroatoms. The summed E-state index contributed by atoms with van der Waals surface area (Å²) in [5.74, 6) is 0.544. The Kier molecular flexibility index (Phi) is 5.75. The minimum Gasteiger partial charge on any atom is -0.494 e. The number of benzene rings is 2. The van der Waals surface area contributed by atoms with Gasteiger partial charge in [-0.1, -0.05) is 30.0 Å². The van der Waals surface area contributed by atoms with E-state index >= 15 is 0 Å². The summed E-state index contributed by atoms with van der Waals surface area (Å²) in [5.41, 5.74) is 3.65. The molecule has 0 fully saturated rings. The van der Waals surface area contributed by atoms with Crippen LogP contribution in [0.25, 0.3) is 5.69 Å². The first-order chi connectivity index (χ1) is 13.0. The smallest absolute Gasteiger partial charge is 0.237 e. The molecule has 0 aliphatic heterocycles. The fraction of sp³-hybridized carbons (Fsp3) is 0.263.